The number of nitrogens with one attached hydrogen (secondary N) is 1. The number of hydrogen-bond donors (Lipinski definition) is 2. The number of aliphatic hydroxyl groups excluding tert-OH is 1. The number of amides is 2. The first-order valence-corrected chi connectivity index (χ1v) is 7.54. The number of aliphatic hydroxyl groups is 1. The van der Waals surface area contributed by atoms with Gasteiger partial charge >= 0.3 is 6.03 Å². The molecule has 2 rings (SSSR count). The van der Waals surface area contributed by atoms with E-state index < -0.39 is 12.1 Å². The first-order chi connectivity index (χ1) is 10.9. The Balaban J connectivity index is 2.02. The lowest BCUT2D eigenvalue weighted by atomic mass is 10.2. The third-order valence-corrected chi connectivity index (χ3v) is 3.40. The van der Waals surface area contributed by atoms with Crippen LogP contribution in [0, 0.1) is 0 Å². The van der Waals surface area contributed by atoms with Crippen molar-refractivity contribution in [3.63, 3.8) is 0 Å². The second-order valence-electron chi connectivity index (χ2n) is 5.37. The van der Waals surface area contributed by atoms with Crippen LogP contribution in [0.5, 0.6) is 0 Å². The molecule has 1 heterocycles. The van der Waals surface area contributed by atoms with Gasteiger partial charge in [-0.15, -0.1) is 0 Å². The van der Waals surface area contributed by atoms with Crippen molar-refractivity contribution in [1.82, 2.24) is 20.4 Å². The van der Waals surface area contributed by atoms with Gasteiger partial charge in [-0.2, -0.15) is 4.98 Å². The minimum atomic E-state index is -0.595. The van der Waals surface area contributed by atoms with Gasteiger partial charge in [0.25, 0.3) is 5.89 Å². The predicted octanol–water partition coefficient (Wildman–Crippen LogP) is 2.47. The average molecular weight is 339 g/mol. The Bertz CT molecular complexity index is 657. The van der Waals surface area contributed by atoms with E-state index >= 15 is 0 Å². The third kappa shape index (κ3) is 4.67. The number of halogens is 1. The van der Waals surface area contributed by atoms with Gasteiger partial charge in [0.2, 0.25) is 0 Å². The Labute approximate surface area is 139 Å². The molecule has 0 saturated heterocycles. The van der Waals surface area contributed by atoms with Crippen LogP contribution < -0.4 is 5.32 Å². The third-order valence-electron chi connectivity index (χ3n) is 3.14. The van der Waals surface area contributed by atoms with Gasteiger partial charge < -0.3 is 19.8 Å². The number of likely N-dealkylation sites (N-methyl/N-ethyl adjacent to an activating group) is 1. The summed E-state index contributed by atoms with van der Waals surface area (Å²) in [6, 6.07) is 6.27. The smallest absolute Gasteiger partial charge is 0.317 e. The summed E-state index contributed by atoms with van der Waals surface area (Å²) < 4.78 is 5.21. The van der Waals surface area contributed by atoms with Gasteiger partial charge in [0.1, 0.15) is 0 Å². The summed E-state index contributed by atoms with van der Waals surface area (Å²) in [4.78, 5) is 17.6. The van der Waals surface area contributed by atoms with Crippen molar-refractivity contribution in [2.75, 3.05) is 13.6 Å². The number of urea groups is 1. The molecule has 23 heavy (non-hydrogen) atoms. The minimum absolute atomic E-state index is 0.237. The number of rotatable bonds is 5. The zero-order valence-corrected chi connectivity index (χ0v) is 13.9. The summed E-state index contributed by atoms with van der Waals surface area (Å²) in [6.45, 7) is 3.61. The summed E-state index contributed by atoms with van der Waals surface area (Å²) >= 11 is 5.84. The lowest BCUT2D eigenvalue weighted by Gasteiger charge is -2.21. The topological polar surface area (TPSA) is 91.5 Å². The second kappa shape index (κ2) is 7.43. The van der Waals surface area contributed by atoms with Crippen LogP contribution in [-0.2, 0) is 0 Å². The maximum absolute atomic E-state index is 12.0. The minimum Gasteiger partial charge on any atom is -0.392 e. The fraction of sp³-hybridized carbons (Fsp3) is 0.400. The Morgan fingerprint density at radius 1 is 1.39 bits per heavy atom. The maximum Gasteiger partial charge on any atom is 0.317 e. The number of hydrogen-bond acceptors (Lipinski definition) is 5. The van der Waals surface area contributed by atoms with Crippen molar-refractivity contribution in [1.29, 1.82) is 0 Å². The summed E-state index contributed by atoms with van der Waals surface area (Å²) in [5, 5.41) is 16.6. The largest absolute Gasteiger partial charge is 0.392 e. The Morgan fingerprint density at radius 3 is 2.65 bits per heavy atom. The molecule has 2 aromatic rings. The van der Waals surface area contributed by atoms with E-state index in [1.807, 2.05) is 0 Å². The lowest BCUT2D eigenvalue weighted by molar-refractivity contribution is 0.142. The van der Waals surface area contributed by atoms with Crippen LogP contribution in [0.3, 0.4) is 0 Å². The van der Waals surface area contributed by atoms with E-state index in [-0.39, 0.29) is 12.6 Å². The SMILES string of the molecule is CC(O)CN(C)C(=O)NC(C)c1noc(-c2ccc(Cl)cc2)n1. The number of aromatic nitrogens is 2. The van der Waals surface area contributed by atoms with Crippen LogP contribution in [0.15, 0.2) is 28.8 Å². The summed E-state index contributed by atoms with van der Waals surface area (Å²) in [6.07, 6.45) is -0.595. The lowest BCUT2D eigenvalue weighted by Crippen LogP contribution is -2.41. The van der Waals surface area contributed by atoms with Crippen LogP contribution in [0.25, 0.3) is 11.5 Å². The summed E-state index contributed by atoms with van der Waals surface area (Å²) in [5.74, 6) is 0.726. The molecule has 0 radical (unpaired) electrons. The van der Waals surface area contributed by atoms with Crippen molar-refractivity contribution in [2.24, 2.45) is 0 Å². The molecule has 0 fully saturated rings. The highest BCUT2D eigenvalue weighted by Crippen LogP contribution is 2.21. The zero-order valence-electron chi connectivity index (χ0n) is 13.2. The Kier molecular flexibility index (Phi) is 5.57. The first-order valence-electron chi connectivity index (χ1n) is 7.16. The van der Waals surface area contributed by atoms with Crippen LogP contribution >= 0.6 is 11.6 Å². The van der Waals surface area contributed by atoms with Crippen molar-refractivity contribution in [3.05, 3.63) is 35.1 Å². The quantitative estimate of drug-likeness (QED) is 0.873. The van der Waals surface area contributed by atoms with Gasteiger partial charge in [0.15, 0.2) is 5.82 Å². The van der Waals surface area contributed by atoms with Gasteiger partial charge in [-0.05, 0) is 38.1 Å². The first kappa shape index (κ1) is 17.2. The highest BCUT2D eigenvalue weighted by Gasteiger charge is 2.19. The Morgan fingerprint density at radius 2 is 2.04 bits per heavy atom. The van der Waals surface area contributed by atoms with Crippen molar-refractivity contribution in [2.45, 2.75) is 26.0 Å². The van der Waals surface area contributed by atoms with E-state index in [9.17, 15) is 9.90 Å². The number of nitrogens with zero attached hydrogens (tertiary/aromatic N) is 3. The fourth-order valence-corrected chi connectivity index (χ4v) is 2.09. The number of carbonyl (C=O) groups excluding carboxylic acids is 1. The van der Waals surface area contributed by atoms with Gasteiger partial charge in [-0.25, -0.2) is 4.79 Å². The van der Waals surface area contributed by atoms with Gasteiger partial charge in [0, 0.05) is 24.2 Å². The molecule has 7 nitrogen and oxygen atoms in total. The van der Waals surface area contributed by atoms with E-state index in [1.54, 1.807) is 45.2 Å². The van der Waals surface area contributed by atoms with Gasteiger partial charge in [-0.1, -0.05) is 16.8 Å². The summed E-state index contributed by atoms with van der Waals surface area (Å²) in [7, 11) is 1.60. The molecule has 1 aromatic carbocycles. The van der Waals surface area contributed by atoms with Gasteiger partial charge in [0.05, 0.1) is 12.1 Å². The van der Waals surface area contributed by atoms with Crippen LogP contribution in [0.1, 0.15) is 25.7 Å². The van der Waals surface area contributed by atoms with Crippen molar-refractivity contribution >= 4 is 17.6 Å². The maximum atomic E-state index is 12.0. The van der Waals surface area contributed by atoms with Crippen molar-refractivity contribution < 1.29 is 14.4 Å². The molecule has 0 saturated carbocycles. The standard InChI is InChI=1S/C15H19ClN4O3/c1-9(21)8-20(3)15(22)17-10(2)13-18-14(23-19-13)11-4-6-12(16)7-5-11/h4-7,9-10,21H,8H2,1-3H3,(H,17,22). The molecule has 0 aliphatic rings. The molecule has 0 aliphatic carbocycles. The van der Waals surface area contributed by atoms with E-state index in [2.05, 4.69) is 15.5 Å². The number of benzene rings is 1. The van der Waals surface area contributed by atoms with E-state index in [4.69, 9.17) is 16.1 Å². The molecule has 1 aromatic heterocycles. The zero-order chi connectivity index (χ0) is 17.0. The average Bonchev–Trinajstić information content (AvgIpc) is 2.97. The van der Waals surface area contributed by atoms with E-state index in [0.29, 0.717) is 16.7 Å². The van der Waals surface area contributed by atoms with E-state index in [1.165, 1.54) is 4.90 Å². The molecule has 0 aliphatic heterocycles. The number of carbonyl (C=O) groups is 1. The van der Waals surface area contributed by atoms with Crippen LogP contribution in [0.4, 0.5) is 4.79 Å². The monoisotopic (exact) mass is 338 g/mol. The van der Waals surface area contributed by atoms with Crippen LogP contribution in [-0.4, -0.2) is 45.9 Å². The van der Waals surface area contributed by atoms with Crippen LogP contribution in [0.2, 0.25) is 5.02 Å². The molecule has 8 heteroatoms. The molecule has 0 spiro atoms. The predicted molar refractivity (Wildman–Crippen MR) is 86.0 cm³/mol. The van der Waals surface area contributed by atoms with Gasteiger partial charge in [-0.3, -0.25) is 0 Å². The molecular formula is C15H19ClN4O3. The van der Waals surface area contributed by atoms with Crippen molar-refractivity contribution in [3.8, 4) is 11.5 Å². The molecule has 2 amide bonds. The molecule has 2 atom stereocenters. The molecular weight excluding hydrogens is 320 g/mol. The normalized spacial score (nSPS) is 13.4. The second-order valence-corrected chi connectivity index (χ2v) is 5.80. The summed E-state index contributed by atoms with van der Waals surface area (Å²) in [5.41, 5.74) is 0.748. The Hall–Kier alpha value is -2.12. The van der Waals surface area contributed by atoms with E-state index in [0.717, 1.165) is 5.56 Å². The highest BCUT2D eigenvalue weighted by molar-refractivity contribution is 6.30. The molecule has 2 N–H and O–H groups in total. The highest BCUT2D eigenvalue weighted by atomic mass is 35.5. The molecule has 124 valence electrons. The fourth-order valence-electron chi connectivity index (χ4n) is 1.96. The molecule has 2 unspecified atom stereocenters. The molecule has 0 bridgehead atoms.